The third kappa shape index (κ3) is 5.12. The Balaban J connectivity index is 1.65. The van der Waals surface area contributed by atoms with Gasteiger partial charge in [-0.1, -0.05) is 18.2 Å². The van der Waals surface area contributed by atoms with E-state index in [1.165, 1.54) is 11.1 Å². The lowest BCUT2D eigenvalue weighted by atomic mass is 9.94. The maximum Gasteiger partial charge on any atom is 0.159 e. The molecule has 2 aromatic carbocycles. The van der Waals surface area contributed by atoms with Gasteiger partial charge in [-0.3, -0.25) is 9.78 Å². The van der Waals surface area contributed by atoms with Gasteiger partial charge in [-0.25, -0.2) is 0 Å². The van der Waals surface area contributed by atoms with Crippen LogP contribution in [-0.4, -0.2) is 30.5 Å². The van der Waals surface area contributed by atoms with Crippen LogP contribution in [0, 0.1) is 0 Å². The fourth-order valence-electron chi connectivity index (χ4n) is 3.88. The molecule has 0 atom stereocenters. The number of aromatic nitrogens is 1. The highest BCUT2D eigenvalue weighted by Gasteiger charge is 2.14. The highest BCUT2D eigenvalue weighted by atomic mass is 16.5. The molecule has 1 aliphatic heterocycles. The van der Waals surface area contributed by atoms with E-state index >= 15 is 0 Å². The zero-order valence-corrected chi connectivity index (χ0v) is 18.1. The second kappa shape index (κ2) is 9.75. The average molecular weight is 417 g/mol. The van der Waals surface area contributed by atoms with Crippen molar-refractivity contribution in [2.45, 2.75) is 33.3 Å². The number of ketones is 1. The molecule has 0 saturated heterocycles. The summed E-state index contributed by atoms with van der Waals surface area (Å²) >= 11 is 0. The lowest BCUT2D eigenvalue weighted by Gasteiger charge is -2.15. The van der Waals surface area contributed by atoms with Crippen molar-refractivity contribution < 1.29 is 14.3 Å². The number of carbonyl (C=O) groups is 1. The first kappa shape index (κ1) is 21.1. The summed E-state index contributed by atoms with van der Waals surface area (Å²) in [4.78, 5) is 16.4. The summed E-state index contributed by atoms with van der Waals surface area (Å²) in [5.74, 6) is 1.56. The summed E-state index contributed by atoms with van der Waals surface area (Å²) in [6.07, 6.45) is 3.76. The quantitative estimate of drug-likeness (QED) is 0.570. The van der Waals surface area contributed by atoms with Crippen LogP contribution in [0.15, 0.2) is 54.7 Å². The summed E-state index contributed by atoms with van der Waals surface area (Å²) < 4.78 is 11.7. The molecular formula is C26H28N2O3. The van der Waals surface area contributed by atoms with E-state index in [1.807, 2.05) is 37.3 Å². The minimum absolute atomic E-state index is 0.0397. The molecule has 0 bridgehead atoms. The van der Waals surface area contributed by atoms with Crippen molar-refractivity contribution in [2.24, 2.45) is 0 Å². The van der Waals surface area contributed by atoms with Gasteiger partial charge in [-0.15, -0.1) is 0 Å². The van der Waals surface area contributed by atoms with Gasteiger partial charge in [0.25, 0.3) is 0 Å². The number of pyridine rings is 1. The van der Waals surface area contributed by atoms with Crippen LogP contribution in [0.5, 0.6) is 11.5 Å². The Morgan fingerprint density at radius 2 is 1.84 bits per heavy atom. The van der Waals surface area contributed by atoms with Crippen LogP contribution in [0.25, 0.3) is 11.1 Å². The molecule has 5 heteroatoms. The number of Topliss-reactive ketones (excluding diaryl/α,β-unsaturated/α-hetero) is 1. The Labute approximate surface area is 183 Å². The number of benzene rings is 2. The lowest BCUT2D eigenvalue weighted by molar-refractivity contribution is 0.101. The average Bonchev–Trinajstić information content (AvgIpc) is 3.03. The van der Waals surface area contributed by atoms with E-state index in [2.05, 4.69) is 28.5 Å². The normalized spacial score (nSPS) is 13.2. The van der Waals surface area contributed by atoms with Crippen molar-refractivity contribution in [1.82, 2.24) is 10.3 Å². The van der Waals surface area contributed by atoms with Gasteiger partial charge in [-0.2, -0.15) is 0 Å². The largest absolute Gasteiger partial charge is 0.494 e. The first-order valence-electron chi connectivity index (χ1n) is 10.8. The van der Waals surface area contributed by atoms with Crippen LogP contribution in [0.4, 0.5) is 0 Å². The SMILES string of the molecule is CCOc1ccnc(COc2ccc(C(C)=O)cc2-c2ccc3c(c2)CCNCC3)c1. The Morgan fingerprint density at radius 1 is 1.00 bits per heavy atom. The molecule has 1 aromatic heterocycles. The molecule has 0 aliphatic carbocycles. The van der Waals surface area contributed by atoms with Gasteiger partial charge in [0.2, 0.25) is 0 Å². The van der Waals surface area contributed by atoms with Crippen molar-refractivity contribution in [1.29, 1.82) is 0 Å². The van der Waals surface area contributed by atoms with E-state index < -0.39 is 0 Å². The maximum absolute atomic E-state index is 12.0. The van der Waals surface area contributed by atoms with E-state index in [0.717, 1.165) is 54.3 Å². The predicted octanol–water partition coefficient (Wildman–Crippen LogP) is 4.62. The summed E-state index contributed by atoms with van der Waals surface area (Å²) in [6.45, 7) is 6.46. The molecule has 0 unspecified atom stereocenters. The number of hydrogen-bond acceptors (Lipinski definition) is 5. The molecule has 0 fully saturated rings. The van der Waals surface area contributed by atoms with E-state index in [-0.39, 0.29) is 5.78 Å². The zero-order valence-electron chi connectivity index (χ0n) is 18.1. The molecule has 1 N–H and O–H groups in total. The second-order valence-corrected chi connectivity index (χ2v) is 7.71. The van der Waals surface area contributed by atoms with E-state index in [4.69, 9.17) is 9.47 Å². The minimum Gasteiger partial charge on any atom is -0.494 e. The summed E-state index contributed by atoms with van der Waals surface area (Å²) in [7, 11) is 0. The Hall–Kier alpha value is -3.18. The van der Waals surface area contributed by atoms with Crippen molar-refractivity contribution in [3.63, 3.8) is 0 Å². The molecule has 5 nitrogen and oxygen atoms in total. The van der Waals surface area contributed by atoms with E-state index in [1.54, 1.807) is 13.1 Å². The molecule has 2 heterocycles. The van der Waals surface area contributed by atoms with E-state index in [9.17, 15) is 4.79 Å². The molecule has 0 spiro atoms. The van der Waals surface area contributed by atoms with Gasteiger partial charge in [0.1, 0.15) is 18.1 Å². The fraction of sp³-hybridized carbons (Fsp3) is 0.308. The predicted molar refractivity (Wildman–Crippen MR) is 122 cm³/mol. The summed E-state index contributed by atoms with van der Waals surface area (Å²) in [6, 6.07) is 15.9. The van der Waals surface area contributed by atoms with Gasteiger partial charge in [-0.05, 0) is 80.7 Å². The Morgan fingerprint density at radius 3 is 2.65 bits per heavy atom. The molecule has 31 heavy (non-hydrogen) atoms. The zero-order chi connectivity index (χ0) is 21.6. The molecule has 4 rings (SSSR count). The summed E-state index contributed by atoms with van der Waals surface area (Å²) in [5, 5.41) is 3.45. The monoisotopic (exact) mass is 416 g/mol. The van der Waals surface area contributed by atoms with Crippen molar-refractivity contribution in [3.8, 4) is 22.6 Å². The fourth-order valence-corrected chi connectivity index (χ4v) is 3.88. The second-order valence-electron chi connectivity index (χ2n) is 7.71. The number of nitrogens with one attached hydrogen (secondary N) is 1. The van der Waals surface area contributed by atoms with Gasteiger partial charge >= 0.3 is 0 Å². The van der Waals surface area contributed by atoms with Crippen LogP contribution in [0.3, 0.4) is 0 Å². The van der Waals surface area contributed by atoms with Crippen LogP contribution in [0.1, 0.15) is 41.0 Å². The number of rotatable bonds is 7. The number of carbonyl (C=O) groups excluding carboxylic acids is 1. The first-order chi connectivity index (χ1) is 15.1. The molecule has 0 amide bonds. The van der Waals surface area contributed by atoms with Crippen molar-refractivity contribution in [2.75, 3.05) is 19.7 Å². The van der Waals surface area contributed by atoms with Crippen LogP contribution in [-0.2, 0) is 19.4 Å². The van der Waals surface area contributed by atoms with Crippen LogP contribution in [0.2, 0.25) is 0 Å². The maximum atomic E-state index is 12.0. The molecule has 0 saturated carbocycles. The summed E-state index contributed by atoms with van der Waals surface area (Å²) in [5.41, 5.74) is 6.20. The van der Waals surface area contributed by atoms with Crippen LogP contribution >= 0.6 is 0 Å². The van der Waals surface area contributed by atoms with Gasteiger partial charge in [0, 0.05) is 23.4 Å². The number of ether oxygens (including phenoxy) is 2. The van der Waals surface area contributed by atoms with Crippen molar-refractivity contribution >= 4 is 5.78 Å². The molecular weight excluding hydrogens is 388 g/mol. The first-order valence-corrected chi connectivity index (χ1v) is 10.8. The number of fused-ring (bicyclic) bond motifs is 1. The number of hydrogen-bond donors (Lipinski definition) is 1. The third-order valence-electron chi connectivity index (χ3n) is 5.52. The smallest absolute Gasteiger partial charge is 0.159 e. The van der Waals surface area contributed by atoms with Gasteiger partial charge in [0.05, 0.1) is 12.3 Å². The highest BCUT2D eigenvalue weighted by molar-refractivity contribution is 5.96. The molecule has 3 aromatic rings. The third-order valence-corrected chi connectivity index (χ3v) is 5.52. The molecule has 0 radical (unpaired) electrons. The van der Waals surface area contributed by atoms with E-state index in [0.29, 0.717) is 18.8 Å². The highest BCUT2D eigenvalue weighted by Crippen LogP contribution is 2.33. The number of nitrogens with zero attached hydrogens (tertiary/aromatic N) is 1. The minimum atomic E-state index is 0.0397. The Kier molecular flexibility index (Phi) is 6.63. The lowest BCUT2D eigenvalue weighted by Crippen LogP contribution is -2.16. The van der Waals surface area contributed by atoms with Crippen molar-refractivity contribution in [3.05, 3.63) is 77.1 Å². The Bertz CT molecular complexity index is 1080. The molecule has 160 valence electrons. The topological polar surface area (TPSA) is 60.5 Å². The van der Waals surface area contributed by atoms with Crippen LogP contribution < -0.4 is 14.8 Å². The standard InChI is InChI=1S/C26H28N2O3/c1-3-30-24-10-13-28-23(16-24)17-31-26-7-6-20(18(2)29)15-25(26)22-5-4-19-8-11-27-12-9-21(19)14-22/h4-7,10,13-16,27H,3,8-9,11-12,17H2,1-2H3. The van der Waals surface area contributed by atoms with Gasteiger partial charge in [0.15, 0.2) is 5.78 Å². The van der Waals surface area contributed by atoms with Gasteiger partial charge < -0.3 is 14.8 Å². The molecule has 1 aliphatic rings.